The summed E-state index contributed by atoms with van der Waals surface area (Å²) in [7, 11) is 0. The molecule has 2 aromatic carbocycles. The standard InChI is InChI=1S/C19H26N2/c1-4-21(5-2)15-18-10-12-19(13-11-18)20-14-17-8-6-16(3)7-9-17/h6-13,20H,4-5,14-15H2,1-3H3. The molecule has 0 aliphatic heterocycles. The zero-order valence-electron chi connectivity index (χ0n) is 13.4. The summed E-state index contributed by atoms with van der Waals surface area (Å²) in [5.74, 6) is 0. The second kappa shape index (κ2) is 7.84. The molecular weight excluding hydrogens is 256 g/mol. The van der Waals surface area contributed by atoms with E-state index in [1.165, 1.54) is 22.4 Å². The Morgan fingerprint density at radius 1 is 0.810 bits per heavy atom. The minimum atomic E-state index is 0.871. The van der Waals surface area contributed by atoms with Crippen LogP contribution in [0.1, 0.15) is 30.5 Å². The molecule has 0 unspecified atom stereocenters. The molecule has 0 aliphatic carbocycles. The van der Waals surface area contributed by atoms with Gasteiger partial charge in [-0.15, -0.1) is 0 Å². The SMILES string of the molecule is CCN(CC)Cc1ccc(NCc2ccc(C)cc2)cc1. The summed E-state index contributed by atoms with van der Waals surface area (Å²) in [5.41, 5.74) is 5.17. The molecule has 2 heteroatoms. The zero-order valence-corrected chi connectivity index (χ0v) is 13.4. The Balaban J connectivity index is 1.88. The summed E-state index contributed by atoms with van der Waals surface area (Å²) in [6.07, 6.45) is 0. The first kappa shape index (κ1) is 15.6. The van der Waals surface area contributed by atoms with Gasteiger partial charge in [-0.1, -0.05) is 55.8 Å². The summed E-state index contributed by atoms with van der Waals surface area (Å²) in [6.45, 7) is 10.6. The van der Waals surface area contributed by atoms with E-state index < -0.39 is 0 Å². The summed E-state index contributed by atoms with van der Waals surface area (Å²) < 4.78 is 0. The van der Waals surface area contributed by atoms with E-state index in [-0.39, 0.29) is 0 Å². The summed E-state index contributed by atoms with van der Waals surface area (Å²) >= 11 is 0. The van der Waals surface area contributed by atoms with Crippen LogP contribution in [-0.2, 0) is 13.1 Å². The molecule has 0 spiro atoms. The molecule has 0 aromatic heterocycles. The quantitative estimate of drug-likeness (QED) is 0.807. The van der Waals surface area contributed by atoms with Crippen molar-refractivity contribution in [3.63, 3.8) is 0 Å². The van der Waals surface area contributed by atoms with E-state index in [1.807, 2.05) is 0 Å². The highest BCUT2D eigenvalue weighted by molar-refractivity contribution is 5.45. The molecule has 112 valence electrons. The van der Waals surface area contributed by atoms with E-state index in [0.717, 1.165) is 26.2 Å². The van der Waals surface area contributed by atoms with Gasteiger partial charge in [0.05, 0.1) is 0 Å². The lowest BCUT2D eigenvalue weighted by Crippen LogP contribution is -2.21. The van der Waals surface area contributed by atoms with Crippen molar-refractivity contribution in [2.45, 2.75) is 33.9 Å². The second-order valence-corrected chi connectivity index (χ2v) is 5.50. The van der Waals surface area contributed by atoms with Crippen molar-refractivity contribution in [3.8, 4) is 0 Å². The number of nitrogens with zero attached hydrogens (tertiary/aromatic N) is 1. The smallest absolute Gasteiger partial charge is 0.0400 e. The van der Waals surface area contributed by atoms with Gasteiger partial charge in [0.25, 0.3) is 0 Å². The summed E-state index contributed by atoms with van der Waals surface area (Å²) in [6, 6.07) is 17.5. The molecule has 2 nitrogen and oxygen atoms in total. The third-order valence-corrected chi connectivity index (χ3v) is 3.87. The van der Waals surface area contributed by atoms with Crippen LogP contribution in [0.25, 0.3) is 0 Å². The molecule has 2 aromatic rings. The normalized spacial score (nSPS) is 10.9. The molecule has 0 bridgehead atoms. The molecule has 0 saturated heterocycles. The van der Waals surface area contributed by atoms with Crippen LogP contribution in [0.3, 0.4) is 0 Å². The van der Waals surface area contributed by atoms with Crippen LogP contribution in [0, 0.1) is 6.92 Å². The fraction of sp³-hybridized carbons (Fsp3) is 0.368. The Morgan fingerprint density at radius 2 is 1.38 bits per heavy atom. The van der Waals surface area contributed by atoms with Crippen LogP contribution < -0.4 is 5.32 Å². The Bertz CT molecular complexity index is 524. The Labute approximate surface area is 128 Å². The molecule has 1 N–H and O–H groups in total. The van der Waals surface area contributed by atoms with Gasteiger partial charge in [-0.3, -0.25) is 4.90 Å². The number of hydrogen-bond donors (Lipinski definition) is 1. The van der Waals surface area contributed by atoms with Gasteiger partial charge in [0, 0.05) is 18.8 Å². The molecule has 0 amide bonds. The van der Waals surface area contributed by atoms with Gasteiger partial charge in [-0.25, -0.2) is 0 Å². The van der Waals surface area contributed by atoms with Crippen LogP contribution in [0.5, 0.6) is 0 Å². The van der Waals surface area contributed by atoms with Gasteiger partial charge in [0.1, 0.15) is 0 Å². The molecule has 21 heavy (non-hydrogen) atoms. The highest BCUT2D eigenvalue weighted by Crippen LogP contribution is 2.13. The van der Waals surface area contributed by atoms with Crippen molar-refractivity contribution in [1.29, 1.82) is 0 Å². The van der Waals surface area contributed by atoms with Crippen molar-refractivity contribution in [3.05, 3.63) is 65.2 Å². The van der Waals surface area contributed by atoms with Crippen LogP contribution >= 0.6 is 0 Å². The molecule has 0 heterocycles. The van der Waals surface area contributed by atoms with E-state index in [0.29, 0.717) is 0 Å². The molecule has 0 atom stereocenters. The van der Waals surface area contributed by atoms with Crippen LogP contribution in [0.15, 0.2) is 48.5 Å². The summed E-state index contributed by atoms with van der Waals surface area (Å²) in [5, 5.41) is 3.48. The number of rotatable bonds is 7. The lowest BCUT2D eigenvalue weighted by atomic mass is 10.1. The number of aryl methyl sites for hydroxylation is 1. The highest BCUT2D eigenvalue weighted by Gasteiger charge is 2.01. The Hall–Kier alpha value is -1.80. The van der Waals surface area contributed by atoms with E-state index >= 15 is 0 Å². The fourth-order valence-corrected chi connectivity index (χ4v) is 2.34. The first-order valence-electron chi connectivity index (χ1n) is 7.82. The molecule has 0 saturated carbocycles. The fourth-order valence-electron chi connectivity index (χ4n) is 2.34. The number of benzene rings is 2. The van der Waals surface area contributed by atoms with Gasteiger partial charge in [0.15, 0.2) is 0 Å². The van der Waals surface area contributed by atoms with Crippen molar-refractivity contribution in [1.82, 2.24) is 4.90 Å². The maximum Gasteiger partial charge on any atom is 0.0400 e. The van der Waals surface area contributed by atoms with Gasteiger partial charge >= 0.3 is 0 Å². The maximum atomic E-state index is 3.48. The monoisotopic (exact) mass is 282 g/mol. The topological polar surface area (TPSA) is 15.3 Å². The average molecular weight is 282 g/mol. The largest absolute Gasteiger partial charge is 0.381 e. The molecular formula is C19H26N2. The lowest BCUT2D eigenvalue weighted by Gasteiger charge is -2.18. The number of hydrogen-bond acceptors (Lipinski definition) is 2. The van der Waals surface area contributed by atoms with Crippen LogP contribution in [0.4, 0.5) is 5.69 Å². The summed E-state index contributed by atoms with van der Waals surface area (Å²) in [4.78, 5) is 2.43. The number of anilines is 1. The molecule has 2 rings (SSSR count). The van der Waals surface area contributed by atoms with Gasteiger partial charge in [0.2, 0.25) is 0 Å². The van der Waals surface area contributed by atoms with E-state index in [2.05, 4.69) is 79.5 Å². The average Bonchev–Trinajstić information content (AvgIpc) is 2.53. The first-order chi connectivity index (χ1) is 10.2. The van der Waals surface area contributed by atoms with E-state index in [1.54, 1.807) is 0 Å². The molecule has 0 aliphatic rings. The Morgan fingerprint density at radius 3 is 1.95 bits per heavy atom. The highest BCUT2D eigenvalue weighted by atomic mass is 15.1. The number of nitrogens with one attached hydrogen (secondary N) is 1. The Kier molecular flexibility index (Phi) is 5.82. The zero-order chi connectivity index (χ0) is 15.1. The minimum Gasteiger partial charge on any atom is -0.381 e. The van der Waals surface area contributed by atoms with Crippen molar-refractivity contribution >= 4 is 5.69 Å². The van der Waals surface area contributed by atoms with Crippen LogP contribution in [0.2, 0.25) is 0 Å². The first-order valence-corrected chi connectivity index (χ1v) is 7.82. The van der Waals surface area contributed by atoms with Gasteiger partial charge in [-0.2, -0.15) is 0 Å². The second-order valence-electron chi connectivity index (χ2n) is 5.50. The maximum absolute atomic E-state index is 3.48. The third-order valence-electron chi connectivity index (χ3n) is 3.87. The van der Waals surface area contributed by atoms with E-state index in [9.17, 15) is 0 Å². The van der Waals surface area contributed by atoms with Crippen LogP contribution in [-0.4, -0.2) is 18.0 Å². The van der Waals surface area contributed by atoms with E-state index in [4.69, 9.17) is 0 Å². The van der Waals surface area contributed by atoms with Crippen molar-refractivity contribution in [2.24, 2.45) is 0 Å². The molecule has 0 radical (unpaired) electrons. The lowest BCUT2D eigenvalue weighted by molar-refractivity contribution is 0.296. The van der Waals surface area contributed by atoms with Gasteiger partial charge in [-0.05, 0) is 43.3 Å². The third kappa shape index (κ3) is 4.91. The predicted octanol–water partition coefficient (Wildman–Crippen LogP) is 4.45. The van der Waals surface area contributed by atoms with Crippen molar-refractivity contribution < 1.29 is 0 Å². The van der Waals surface area contributed by atoms with Gasteiger partial charge < -0.3 is 5.32 Å². The minimum absolute atomic E-state index is 0.871. The predicted molar refractivity (Wildman–Crippen MR) is 91.6 cm³/mol. The van der Waals surface area contributed by atoms with Crippen molar-refractivity contribution in [2.75, 3.05) is 18.4 Å². The molecule has 0 fully saturated rings.